The number of unbranched alkanes of at least 4 members (excludes halogenated alkanes) is 1. The van der Waals surface area contributed by atoms with Gasteiger partial charge in [0.05, 0.1) is 0 Å². The van der Waals surface area contributed by atoms with Gasteiger partial charge in [-0.25, -0.2) is 0 Å². The van der Waals surface area contributed by atoms with Gasteiger partial charge in [0.15, 0.2) is 5.82 Å². The van der Waals surface area contributed by atoms with E-state index < -0.39 is 0 Å². The Bertz CT molecular complexity index is 546. The van der Waals surface area contributed by atoms with Crippen LogP contribution < -0.4 is 11.1 Å². The molecule has 100 valence electrons. The lowest BCUT2D eigenvalue weighted by atomic mass is 10.2. The Morgan fingerprint density at radius 3 is 2.68 bits per heavy atom. The second-order valence-corrected chi connectivity index (χ2v) is 4.27. The number of hydrogen-bond donors (Lipinski definition) is 3. The number of carbonyl (C=O) groups is 1. The highest BCUT2D eigenvalue weighted by molar-refractivity contribution is 5.90. The van der Waals surface area contributed by atoms with Crippen LogP contribution in [-0.4, -0.2) is 21.1 Å². The maximum absolute atomic E-state index is 11.6. The maximum atomic E-state index is 11.6. The number of rotatable bonds is 5. The summed E-state index contributed by atoms with van der Waals surface area (Å²) in [4.78, 5) is 15.6. The molecule has 0 bridgehead atoms. The number of aromatic amines is 1. The average molecular weight is 259 g/mol. The zero-order chi connectivity index (χ0) is 13.7. The second kappa shape index (κ2) is 5.99. The summed E-state index contributed by atoms with van der Waals surface area (Å²) < 4.78 is 0. The molecule has 0 aliphatic heterocycles. The van der Waals surface area contributed by atoms with Crippen molar-refractivity contribution in [1.82, 2.24) is 15.2 Å². The van der Waals surface area contributed by atoms with Gasteiger partial charge in [-0.05, 0) is 30.7 Å². The molecule has 4 N–H and O–H groups in total. The quantitative estimate of drug-likeness (QED) is 0.766. The van der Waals surface area contributed by atoms with Gasteiger partial charge >= 0.3 is 0 Å². The number of hydrogen-bond acceptors (Lipinski definition) is 4. The normalized spacial score (nSPS) is 10.4. The molecule has 1 aromatic carbocycles. The smallest absolute Gasteiger partial charge is 0.239 e. The third-order valence-corrected chi connectivity index (χ3v) is 2.70. The largest absolute Gasteiger partial charge is 0.366 e. The van der Waals surface area contributed by atoms with Gasteiger partial charge in [0.25, 0.3) is 0 Å². The Hall–Kier alpha value is -2.37. The summed E-state index contributed by atoms with van der Waals surface area (Å²) in [6, 6.07) is 7.38. The van der Waals surface area contributed by atoms with Crippen molar-refractivity contribution < 1.29 is 4.79 Å². The van der Waals surface area contributed by atoms with Crippen molar-refractivity contribution in [2.24, 2.45) is 0 Å². The van der Waals surface area contributed by atoms with Crippen LogP contribution in [0.15, 0.2) is 24.3 Å². The molecule has 6 nitrogen and oxygen atoms in total. The molecule has 19 heavy (non-hydrogen) atoms. The summed E-state index contributed by atoms with van der Waals surface area (Å²) in [7, 11) is 0. The predicted octanol–water partition coefficient (Wildman–Crippen LogP) is 2.18. The van der Waals surface area contributed by atoms with Crippen molar-refractivity contribution in [3.05, 3.63) is 24.3 Å². The SMILES string of the molecule is CCCCC(=O)Nc1ccc(-c2nc(N)n[nH]2)cc1. The number of anilines is 2. The van der Waals surface area contributed by atoms with Crippen LogP contribution in [0.1, 0.15) is 26.2 Å². The van der Waals surface area contributed by atoms with Gasteiger partial charge < -0.3 is 11.1 Å². The number of nitrogen functional groups attached to an aromatic ring is 1. The molecule has 0 spiro atoms. The van der Waals surface area contributed by atoms with Crippen LogP contribution in [0.2, 0.25) is 0 Å². The van der Waals surface area contributed by atoms with Crippen LogP contribution in [0, 0.1) is 0 Å². The summed E-state index contributed by atoms with van der Waals surface area (Å²) in [5.41, 5.74) is 7.09. The van der Waals surface area contributed by atoms with Crippen molar-refractivity contribution in [1.29, 1.82) is 0 Å². The van der Waals surface area contributed by atoms with Gasteiger partial charge in [0.1, 0.15) is 0 Å². The third kappa shape index (κ3) is 3.54. The third-order valence-electron chi connectivity index (χ3n) is 2.70. The number of nitrogens with zero attached hydrogens (tertiary/aromatic N) is 2. The lowest BCUT2D eigenvalue weighted by Crippen LogP contribution is -2.10. The maximum Gasteiger partial charge on any atom is 0.239 e. The second-order valence-electron chi connectivity index (χ2n) is 4.27. The van der Waals surface area contributed by atoms with E-state index >= 15 is 0 Å². The number of benzene rings is 1. The molecule has 0 saturated heterocycles. The summed E-state index contributed by atoms with van der Waals surface area (Å²) in [5.74, 6) is 0.867. The van der Waals surface area contributed by atoms with E-state index in [9.17, 15) is 4.79 Å². The molecule has 6 heteroatoms. The van der Waals surface area contributed by atoms with Crippen LogP contribution in [0.3, 0.4) is 0 Å². The van der Waals surface area contributed by atoms with E-state index in [0.29, 0.717) is 12.2 Å². The fourth-order valence-corrected chi connectivity index (χ4v) is 1.68. The molecule has 1 heterocycles. The lowest BCUT2D eigenvalue weighted by Gasteiger charge is -2.05. The van der Waals surface area contributed by atoms with Gasteiger partial charge in [-0.1, -0.05) is 13.3 Å². The summed E-state index contributed by atoms with van der Waals surface area (Å²) in [6.45, 7) is 2.06. The molecule has 0 aliphatic rings. The first-order chi connectivity index (χ1) is 9.19. The highest BCUT2D eigenvalue weighted by Crippen LogP contribution is 2.18. The molecule has 1 amide bonds. The highest BCUT2D eigenvalue weighted by Gasteiger charge is 2.05. The first kappa shape index (κ1) is 13.1. The monoisotopic (exact) mass is 259 g/mol. The molecule has 1 aromatic heterocycles. The number of nitrogens with two attached hydrogens (primary N) is 1. The van der Waals surface area contributed by atoms with Crippen LogP contribution in [0.4, 0.5) is 11.6 Å². The average Bonchev–Trinajstić information content (AvgIpc) is 2.84. The van der Waals surface area contributed by atoms with Crippen molar-refractivity contribution in [3.63, 3.8) is 0 Å². The summed E-state index contributed by atoms with van der Waals surface area (Å²) >= 11 is 0. The Morgan fingerprint density at radius 1 is 1.37 bits per heavy atom. The number of carbonyl (C=O) groups excluding carboxylic acids is 1. The molecule has 0 saturated carbocycles. The molecule has 2 rings (SSSR count). The van der Waals surface area contributed by atoms with Gasteiger partial charge in [-0.3, -0.25) is 9.89 Å². The van der Waals surface area contributed by atoms with E-state index in [1.807, 2.05) is 24.3 Å². The minimum absolute atomic E-state index is 0.0403. The van der Waals surface area contributed by atoms with Crippen molar-refractivity contribution in [2.45, 2.75) is 26.2 Å². The highest BCUT2D eigenvalue weighted by atomic mass is 16.1. The Morgan fingerprint density at radius 2 is 2.11 bits per heavy atom. The van der Waals surface area contributed by atoms with E-state index in [-0.39, 0.29) is 11.9 Å². The predicted molar refractivity (Wildman–Crippen MR) is 74.4 cm³/mol. The number of nitrogens with one attached hydrogen (secondary N) is 2. The van der Waals surface area contributed by atoms with Gasteiger partial charge in [0, 0.05) is 17.7 Å². The van der Waals surface area contributed by atoms with Crippen molar-refractivity contribution >= 4 is 17.5 Å². The number of H-pyrrole nitrogens is 1. The molecular formula is C13H17N5O. The van der Waals surface area contributed by atoms with E-state index in [1.54, 1.807) is 0 Å². The molecule has 0 unspecified atom stereocenters. The lowest BCUT2D eigenvalue weighted by molar-refractivity contribution is -0.116. The van der Waals surface area contributed by atoms with Gasteiger partial charge in [0.2, 0.25) is 11.9 Å². The van der Waals surface area contributed by atoms with Gasteiger partial charge in [-0.2, -0.15) is 4.98 Å². The van der Waals surface area contributed by atoms with Crippen LogP contribution >= 0.6 is 0 Å². The Labute approximate surface area is 111 Å². The van der Waals surface area contributed by atoms with Crippen LogP contribution in [0.5, 0.6) is 0 Å². The molecule has 0 fully saturated rings. The molecule has 0 atom stereocenters. The van der Waals surface area contributed by atoms with Crippen LogP contribution in [0.25, 0.3) is 11.4 Å². The standard InChI is InChI=1S/C13H17N5O/c1-2-3-4-11(19)15-10-7-5-9(6-8-10)12-16-13(14)18-17-12/h5-8H,2-4H2,1H3,(H,15,19)(H3,14,16,17,18). The van der Waals surface area contributed by atoms with E-state index in [1.165, 1.54) is 0 Å². The topological polar surface area (TPSA) is 96.7 Å². The molecular weight excluding hydrogens is 242 g/mol. The van der Waals surface area contributed by atoms with Crippen LogP contribution in [-0.2, 0) is 4.79 Å². The summed E-state index contributed by atoms with van der Waals surface area (Å²) in [6.07, 6.45) is 2.47. The first-order valence-electron chi connectivity index (χ1n) is 6.27. The zero-order valence-corrected chi connectivity index (χ0v) is 10.8. The Kier molecular flexibility index (Phi) is 4.12. The summed E-state index contributed by atoms with van der Waals surface area (Å²) in [5, 5.41) is 9.36. The zero-order valence-electron chi connectivity index (χ0n) is 10.8. The van der Waals surface area contributed by atoms with Crippen molar-refractivity contribution in [3.8, 4) is 11.4 Å². The first-order valence-corrected chi connectivity index (χ1v) is 6.27. The fourth-order valence-electron chi connectivity index (χ4n) is 1.68. The van der Waals surface area contributed by atoms with E-state index in [2.05, 4.69) is 27.4 Å². The minimum Gasteiger partial charge on any atom is -0.366 e. The number of aromatic nitrogens is 3. The van der Waals surface area contributed by atoms with E-state index in [4.69, 9.17) is 5.73 Å². The molecule has 0 aliphatic carbocycles. The minimum atomic E-state index is 0.0403. The molecule has 2 aromatic rings. The Balaban J connectivity index is 2.00. The van der Waals surface area contributed by atoms with Gasteiger partial charge in [-0.15, -0.1) is 5.10 Å². The van der Waals surface area contributed by atoms with E-state index in [0.717, 1.165) is 24.1 Å². The van der Waals surface area contributed by atoms with Crippen molar-refractivity contribution in [2.75, 3.05) is 11.1 Å². The number of amides is 1. The fraction of sp³-hybridized carbons (Fsp3) is 0.308. The molecule has 0 radical (unpaired) electrons.